The molecule has 1 nitrogen and oxygen atoms in total. The number of alkyl halides is 2. The van der Waals surface area contributed by atoms with E-state index in [9.17, 15) is 13.2 Å². The predicted octanol–water partition coefficient (Wildman–Crippen LogP) is 3.55. The van der Waals surface area contributed by atoms with Crippen molar-refractivity contribution in [1.82, 2.24) is 0 Å². The van der Waals surface area contributed by atoms with Gasteiger partial charge < -0.3 is 4.74 Å². The van der Waals surface area contributed by atoms with Crippen molar-refractivity contribution in [1.29, 1.82) is 0 Å². The first-order valence-corrected chi connectivity index (χ1v) is 4.24. The van der Waals surface area contributed by atoms with Gasteiger partial charge in [-0.15, -0.1) is 0 Å². The van der Waals surface area contributed by atoms with Gasteiger partial charge >= 0.3 is 6.61 Å². The minimum absolute atomic E-state index is 0.0747. The van der Waals surface area contributed by atoms with Crippen molar-refractivity contribution in [2.45, 2.75) is 26.4 Å². The van der Waals surface area contributed by atoms with Crippen molar-refractivity contribution in [2.24, 2.45) is 0 Å². The zero-order valence-corrected chi connectivity index (χ0v) is 7.93. The summed E-state index contributed by atoms with van der Waals surface area (Å²) in [6.45, 7) is 0.777. The average Bonchev–Trinajstić information content (AvgIpc) is 2.01. The molecule has 14 heavy (non-hydrogen) atoms. The Hall–Kier alpha value is -1.19. The molecule has 0 saturated carbocycles. The van der Waals surface area contributed by atoms with Crippen molar-refractivity contribution in [3.8, 4) is 5.75 Å². The van der Waals surface area contributed by atoms with E-state index < -0.39 is 12.4 Å². The molecule has 0 aliphatic rings. The molecule has 0 aromatic heterocycles. The summed E-state index contributed by atoms with van der Waals surface area (Å²) in [6.07, 6.45) is 0. The smallest absolute Gasteiger partial charge is 0.387 e. The van der Waals surface area contributed by atoms with Crippen LogP contribution >= 0.6 is 0 Å². The van der Waals surface area contributed by atoms with Gasteiger partial charge in [-0.3, -0.25) is 0 Å². The number of rotatable bonds is 3. The third kappa shape index (κ3) is 2.94. The SMILES string of the molecule is CC(C)c1cc(F)cc(OC(F)F)c1. The Kier molecular flexibility index (Phi) is 3.38. The summed E-state index contributed by atoms with van der Waals surface area (Å²) in [7, 11) is 0. The van der Waals surface area contributed by atoms with Crippen molar-refractivity contribution < 1.29 is 17.9 Å². The van der Waals surface area contributed by atoms with E-state index in [1.54, 1.807) is 0 Å². The molecule has 1 aromatic rings. The Morgan fingerprint density at radius 1 is 1.14 bits per heavy atom. The van der Waals surface area contributed by atoms with Crippen LogP contribution in [0.15, 0.2) is 18.2 Å². The van der Waals surface area contributed by atoms with Gasteiger partial charge in [0.2, 0.25) is 0 Å². The molecule has 78 valence electrons. The van der Waals surface area contributed by atoms with Crippen molar-refractivity contribution in [3.63, 3.8) is 0 Å². The maximum absolute atomic E-state index is 12.9. The molecule has 1 aromatic carbocycles. The summed E-state index contributed by atoms with van der Waals surface area (Å²) in [4.78, 5) is 0. The fraction of sp³-hybridized carbons (Fsp3) is 0.400. The molecule has 0 amide bonds. The van der Waals surface area contributed by atoms with Gasteiger partial charge in [0.1, 0.15) is 11.6 Å². The standard InChI is InChI=1S/C10H11F3O/c1-6(2)7-3-8(11)5-9(4-7)14-10(12)13/h3-6,10H,1-2H3. The third-order valence-electron chi connectivity index (χ3n) is 1.79. The molecule has 1 rings (SSSR count). The number of benzene rings is 1. The van der Waals surface area contributed by atoms with Crippen LogP contribution in [0.1, 0.15) is 25.3 Å². The molecule has 0 bridgehead atoms. The highest BCUT2D eigenvalue weighted by Gasteiger charge is 2.08. The highest BCUT2D eigenvalue weighted by molar-refractivity contribution is 5.31. The molecule has 0 saturated heterocycles. The monoisotopic (exact) mass is 204 g/mol. The highest BCUT2D eigenvalue weighted by atomic mass is 19.3. The molecule has 0 radical (unpaired) electrons. The zero-order chi connectivity index (χ0) is 10.7. The zero-order valence-electron chi connectivity index (χ0n) is 7.93. The molecule has 0 fully saturated rings. The van der Waals surface area contributed by atoms with Crippen LogP contribution < -0.4 is 4.74 Å². The predicted molar refractivity (Wildman–Crippen MR) is 47.1 cm³/mol. The third-order valence-corrected chi connectivity index (χ3v) is 1.79. The molecule has 0 N–H and O–H groups in total. The summed E-state index contributed by atoms with van der Waals surface area (Å²) in [6, 6.07) is 3.67. The highest BCUT2D eigenvalue weighted by Crippen LogP contribution is 2.23. The van der Waals surface area contributed by atoms with E-state index >= 15 is 0 Å². The van der Waals surface area contributed by atoms with E-state index in [0.717, 1.165) is 6.07 Å². The number of ether oxygens (including phenoxy) is 1. The molecule has 4 heteroatoms. The van der Waals surface area contributed by atoms with E-state index in [4.69, 9.17) is 0 Å². The van der Waals surface area contributed by atoms with Crippen LogP contribution in [0.5, 0.6) is 5.75 Å². The Morgan fingerprint density at radius 2 is 1.79 bits per heavy atom. The van der Waals surface area contributed by atoms with E-state index in [-0.39, 0.29) is 11.7 Å². The first kappa shape index (κ1) is 10.9. The minimum atomic E-state index is -2.92. The van der Waals surface area contributed by atoms with Crippen LogP contribution in [0.4, 0.5) is 13.2 Å². The van der Waals surface area contributed by atoms with Crippen LogP contribution in [0.25, 0.3) is 0 Å². The second-order valence-electron chi connectivity index (χ2n) is 3.25. The average molecular weight is 204 g/mol. The van der Waals surface area contributed by atoms with Crippen LogP contribution in [0, 0.1) is 5.82 Å². The van der Waals surface area contributed by atoms with Crippen molar-refractivity contribution in [2.75, 3.05) is 0 Å². The minimum Gasteiger partial charge on any atom is -0.435 e. The summed E-state index contributed by atoms with van der Waals surface area (Å²) in [5.41, 5.74) is 0.639. The Bertz CT molecular complexity index is 310. The number of hydrogen-bond donors (Lipinski definition) is 0. The second-order valence-corrected chi connectivity index (χ2v) is 3.25. The largest absolute Gasteiger partial charge is 0.435 e. The number of hydrogen-bond acceptors (Lipinski definition) is 1. The second kappa shape index (κ2) is 4.35. The van der Waals surface area contributed by atoms with Crippen molar-refractivity contribution >= 4 is 0 Å². The van der Waals surface area contributed by atoms with Gasteiger partial charge in [-0.2, -0.15) is 8.78 Å². The van der Waals surface area contributed by atoms with Gasteiger partial charge in [0.25, 0.3) is 0 Å². The molecule has 0 aliphatic heterocycles. The summed E-state index contributed by atoms with van der Waals surface area (Å²) < 4.78 is 40.7. The maximum Gasteiger partial charge on any atom is 0.387 e. The molecule has 0 aliphatic carbocycles. The van der Waals surface area contributed by atoms with Crippen LogP contribution in [-0.4, -0.2) is 6.61 Å². The normalized spacial score (nSPS) is 11.1. The Morgan fingerprint density at radius 3 is 2.29 bits per heavy atom. The Labute approximate surface area is 80.5 Å². The molecular formula is C10H11F3O. The van der Waals surface area contributed by atoms with Crippen LogP contribution in [0.2, 0.25) is 0 Å². The summed E-state index contributed by atoms with van der Waals surface area (Å²) in [5.74, 6) is -0.624. The Balaban J connectivity index is 2.95. The first-order valence-electron chi connectivity index (χ1n) is 4.24. The van der Waals surface area contributed by atoms with Gasteiger partial charge in [0.15, 0.2) is 0 Å². The van der Waals surface area contributed by atoms with Gasteiger partial charge in [-0.1, -0.05) is 13.8 Å². The molecular weight excluding hydrogens is 193 g/mol. The van der Waals surface area contributed by atoms with E-state index in [1.807, 2.05) is 13.8 Å². The van der Waals surface area contributed by atoms with E-state index in [2.05, 4.69) is 4.74 Å². The maximum atomic E-state index is 12.9. The molecule has 0 unspecified atom stereocenters. The van der Waals surface area contributed by atoms with E-state index in [0.29, 0.717) is 5.56 Å². The topological polar surface area (TPSA) is 9.23 Å². The van der Waals surface area contributed by atoms with Crippen LogP contribution in [0.3, 0.4) is 0 Å². The lowest BCUT2D eigenvalue weighted by molar-refractivity contribution is -0.0500. The fourth-order valence-electron chi connectivity index (χ4n) is 1.09. The van der Waals surface area contributed by atoms with Gasteiger partial charge in [0.05, 0.1) is 0 Å². The lowest BCUT2D eigenvalue weighted by Gasteiger charge is -2.09. The van der Waals surface area contributed by atoms with Gasteiger partial charge in [0, 0.05) is 6.07 Å². The first-order chi connectivity index (χ1) is 6.49. The summed E-state index contributed by atoms with van der Waals surface area (Å²) in [5, 5.41) is 0. The molecule has 0 spiro atoms. The van der Waals surface area contributed by atoms with Gasteiger partial charge in [-0.25, -0.2) is 4.39 Å². The van der Waals surface area contributed by atoms with Crippen LogP contribution in [-0.2, 0) is 0 Å². The van der Waals surface area contributed by atoms with Gasteiger partial charge in [-0.05, 0) is 23.6 Å². The fourth-order valence-corrected chi connectivity index (χ4v) is 1.09. The van der Waals surface area contributed by atoms with E-state index in [1.165, 1.54) is 12.1 Å². The lowest BCUT2D eigenvalue weighted by atomic mass is 10.0. The number of halogens is 3. The molecule has 0 heterocycles. The van der Waals surface area contributed by atoms with Crippen molar-refractivity contribution in [3.05, 3.63) is 29.6 Å². The molecule has 0 atom stereocenters. The lowest BCUT2D eigenvalue weighted by Crippen LogP contribution is -2.03. The summed E-state index contributed by atoms with van der Waals surface area (Å²) >= 11 is 0. The quantitative estimate of drug-likeness (QED) is 0.731.